The number of ketones is 1. The Morgan fingerprint density at radius 3 is 2.32 bits per heavy atom. The van der Waals surface area contributed by atoms with Crippen molar-refractivity contribution in [2.75, 3.05) is 6.61 Å². The second-order valence-corrected chi connectivity index (χ2v) is 8.24. The summed E-state index contributed by atoms with van der Waals surface area (Å²) in [6, 6.07) is 7.11. The first-order valence-corrected chi connectivity index (χ1v) is 10.1. The Bertz CT molecular complexity index is 1020. The summed E-state index contributed by atoms with van der Waals surface area (Å²) in [5, 5.41) is 0. The fourth-order valence-electron chi connectivity index (χ4n) is 2.61. The predicted octanol–water partition coefficient (Wildman–Crippen LogP) is 2.84. The zero-order chi connectivity index (χ0) is 21.1. The number of aryl methyl sites for hydroxylation is 3. The van der Waals surface area contributed by atoms with Crippen LogP contribution >= 0.6 is 0 Å². The first kappa shape index (κ1) is 21.7. The molecule has 0 aliphatic carbocycles. The third-order valence-electron chi connectivity index (χ3n) is 4.30. The van der Waals surface area contributed by atoms with Gasteiger partial charge in [0.25, 0.3) is 0 Å². The number of hydrogen-bond donors (Lipinski definition) is 1. The van der Waals surface area contributed by atoms with E-state index in [1.807, 2.05) is 19.9 Å². The molecule has 0 bridgehead atoms. The molecule has 0 amide bonds. The highest BCUT2D eigenvalue weighted by atomic mass is 32.2. The molecule has 2 aromatic carbocycles. The maximum atomic E-state index is 13.7. The smallest absolute Gasteiger partial charge is 0.324 e. The number of carbonyl (C=O) groups is 2. The summed E-state index contributed by atoms with van der Waals surface area (Å²) >= 11 is 0. The number of Topliss-reactive ketones (excluding diaryl/α,β-unsaturated/α-hetero) is 1. The molecule has 150 valence electrons. The number of benzene rings is 2. The van der Waals surface area contributed by atoms with Gasteiger partial charge in [0.2, 0.25) is 15.8 Å². The number of rotatable bonds is 7. The van der Waals surface area contributed by atoms with Crippen LogP contribution in [0.15, 0.2) is 41.3 Å². The molecule has 0 saturated heterocycles. The number of carbonyl (C=O) groups excluding carboxylic acids is 2. The molecule has 0 heterocycles. The van der Waals surface area contributed by atoms with Crippen molar-refractivity contribution in [3.05, 3.63) is 64.5 Å². The zero-order valence-corrected chi connectivity index (χ0v) is 16.9. The summed E-state index contributed by atoms with van der Waals surface area (Å²) in [5.41, 5.74) is 3.18. The summed E-state index contributed by atoms with van der Waals surface area (Å²) in [7, 11) is -4.25. The fourth-order valence-corrected chi connectivity index (χ4v) is 3.88. The van der Waals surface area contributed by atoms with Gasteiger partial charge in [-0.1, -0.05) is 18.2 Å². The molecule has 1 N–H and O–H groups in total. The number of halogens is 1. The van der Waals surface area contributed by atoms with Crippen LogP contribution in [-0.2, 0) is 19.6 Å². The lowest BCUT2D eigenvalue weighted by Gasteiger charge is -2.14. The normalized spacial score (nSPS) is 12.5. The predicted molar refractivity (Wildman–Crippen MR) is 102 cm³/mol. The van der Waals surface area contributed by atoms with Gasteiger partial charge in [-0.3, -0.25) is 9.59 Å². The van der Waals surface area contributed by atoms with Crippen LogP contribution in [-0.4, -0.2) is 32.8 Å². The Kier molecular flexibility index (Phi) is 6.69. The van der Waals surface area contributed by atoms with E-state index >= 15 is 0 Å². The van der Waals surface area contributed by atoms with Crippen molar-refractivity contribution in [2.24, 2.45) is 0 Å². The standard InChI is InChI=1S/C20H22FNO5S/c1-12-9-14(3)16(10-13(12)2)18(23)11-27-20(24)15(4)22-28(25,26)19-8-6-5-7-17(19)21/h5-10,15,22H,11H2,1-4H3/t15-/m0/s1. The van der Waals surface area contributed by atoms with Gasteiger partial charge < -0.3 is 4.74 Å². The van der Waals surface area contributed by atoms with E-state index in [0.717, 1.165) is 28.8 Å². The summed E-state index contributed by atoms with van der Waals surface area (Å²) < 4.78 is 45.1. The second kappa shape index (κ2) is 8.62. The Morgan fingerprint density at radius 1 is 1.07 bits per heavy atom. The molecule has 0 unspecified atom stereocenters. The largest absolute Gasteiger partial charge is 0.456 e. The van der Waals surface area contributed by atoms with Gasteiger partial charge in [-0.05, 0) is 62.6 Å². The lowest BCUT2D eigenvalue weighted by molar-refractivity contribution is -0.144. The molecule has 8 heteroatoms. The van der Waals surface area contributed by atoms with Gasteiger partial charge >= 0.3 is 5.97 Å². The van der Waals surface area contributed by atoms with E-state index in [2.05, 4.69) is 4.72 Å². The number of nitrogens with one attached hydrogen (secondary N) is 1. The van der Waals surface area contributed by atoms with Gasteiger partial charge in [-0.25, -0.2) is 12.8 Å². The minimum atomic E-state index is -4.25. The van der Waals surface area contributed by atoms with Crippen LogP contribution in [0.25, 0.3) is 0 Å². The van der Waals surface area contributed by atoms with Gasteiger partial charge in [0.1, 0.15) is 16.8 Å². The second-order valence-electron chi connectivity index (χ2n) is 6.56. The van der Waals surface area contributed by atoms with E-state index in [1.54, 1.807) is 13.0 Å². The minimum Gasteiger partial charge on any atom is -0.456 e. The summed E-state index contributed by atoms with van der Waals surface area (Å²) in [4.78, 5) is 23.9. The van der Waals surface area contributed by atoms with Crippen molar-refractivity contribution >= 4 is 21.8 Å². The Labute approximate surface area is 163 Å². The summed E-state index contributed by atoms with van der Waals surface area (Å²) in [6.45, 7) is 6.32. The van der Waals surface area contributed by atoms with Crippen LogP contribution < -0.4 is 4.72 Å². The number of esters is 1. The SMILES string of the molecule is Cc1cc(C)c(C(=O)COC(=O)[C@H](C)NS(=O)(=O)c2ccccc2F)cc1C. The van der Waals surface area contributed by atoms with Gasteiger partial charge in [-0.2, -0.15) is 4.72 Å². The third kappa shape index (κ3) is 5.02. The quantitative estimate of drug-likeness (QED) is 0.563. The van der Waals surface area contributed by atoms with Gasteiger partial charge in [0.05, 0.1) is 0 Å². The third-order valence-corrected chi connectivity index (χ3v) is 5.87. The number of hydrogen-bond acceptors (Lipinski definition) is 5. The topological polar surface area (TPSA) is 89.5 Å². The molecule has 28 heavy (non-hydrogen) atoms. The molecular formula is C20H22FNO5S. The maximum Gasteiger partial charge on any atom is 0.324 e. The molecule has 0 radical (unpaired) electrons. The molecule has 0 fully saturated rings. The fraction of sp³-hybridized carbons (Fsp3) is 0.300. The van der Waals surface area contributed by atoms with Crippen LogP contribution in [0.1, 0.15) is 34.0 Å². The Balaban J connectivity index is 2.02. The average molecular weight is 407 g/mol. The average Bonchev–Trinajstić information content (AvgIpc) is 2.62. The molecule has 0 spiro atoms. The van der Waals surface area contributed by atoms with E-state index < -0.39 is 45.1 Å². The minimum absolute atomic E-state index is 0.391. The van der Waals surface area contributed by atoms with Crippen molar-refractivity contribution in [1.29, 1.82) is 0 Å². The highest BCUT2D eigenvalue weighted by Gasteiger charge is 2.26. The van der Waals surface area contributed by atoms with Gasteiger partial charge in [0, 0.05) is 5.56 Å². The maximum absolute atomic E-state index is 13.7. The van der Waals surface area contributed by atoms with Crippen molar-refractivity contribution in [2.45, 2.75) is 38.6 Å². The molecule has 2 aromatic rings. The van der Waals surface area contributed by atoms with E-state index in [-0.39, 0.29) is 0 Å². The van der Waals surface area contributed by atoms with Crippen molar-refractivity contribution in [3.63, 3.8) is 0 Å². The molecular weight excluding hydrogens is 385 g/mol. The van der Waals surface area contributed by atoms with Gasteiger partial charge in [-0.15, -0.1) is 0 Å². The highest BCUT2D eigenvalue weighted by Crippen LogP contribution is 2.16. The summed E-state index contributed by atoms with van der Waals surface area (Å²) in [6.07, 6.45) is 0. The first-order chi connectivity index (χ1) is 13.0. The molecule has 0 saturated carbocycles. The van der Waals surface area contributed by atoms with Crippen LogP contribution in [0, 0.1) is 26.6 Å². The zero-order valence-electron chi connectivity index (χ0n) is 16.1. The van der Waals surface area contributed by atoms with Crippen LogP contribution in [0.3, 0.4) is 0 Å². The molecule has 2 rings (SSSR count). The van der Waals surface area contributed by atoms with Crippen LogP contribution in [0.4, 0.5) is 4.39 Å². The van der Waals surface area contributed by atoms with Crippen LogP contribution in [0.5, 0.6) is 0 Å². The lowest BCUT2D eigenvalue weighted by Crippen LogP contribution is -2.40. The summed E-state index contributed by atoms with van der Waals surface area (Å²) in [5.74, 6) is -2.26. The number of ether oxygens (including phenoxy) is 1. The highest BCUT2D eigenvalue weighted by molar-refractivity contribution is 7.89. The molecule has 6 nitrogen and oxygen atoms in total. The number of sulfonamides is 1. The Hall–Kier alpha value is -2.58. The lowest BCUT2D eigenvalue weighted by atomic mass is 9.98. The van der Waals surface area contributed by atoms with E-state index in [1.165, 1.54) is 19.1 Å². The van der Waals surface area contributed by atoms with Crippen molar-refractivity contribution in [1.82, 2.24) is 4.72 Å². The molecule has 0 aliphatic heterocycles. The van der Waals surface area contributed by atoms with Gasteiger partial charge in [0.15, 0.2) is 6.61 Å². The molecule has 0 aromatic heterocycles. The van der Waals surface area contributed by atoms with E-state index in [9.17, 15) is 22.4 Å². The van der Waals surface area contributed by atoms with Crippen molar-refractivity contribution < 1.29 is 27.1 Å². The molecule has 0 aliphatic rings. The monoisotopic (exact) mass is 407 g/mol. The van der Waals surface area contributed by atoms with E-state index in [0.29, 0.717) is 5.56 Å². The molecule has 1 atom stereocenters. The first-order valence-electron chi connectivity index (χ1n) is 8.57. The Morgan fingerprint density at radius 2 is 1.68 bits per heavy atom. The van der Waals surface area contributed by atoms with Crippen LogP contribution in [0.2, 0.25) is 0 Å². The van der Waals surface area contributed by atoms with E-state index in [4.69, 9.17) is 4.74 Å². The van der Waals surface area contributed by atoms with Crippen molar-refractivity contribution in [3.8, 4) is 0 Å².